The molecular formula is C27H20BrFNP. The molecule has 0 N–H and O–H groups in total. The maximum absolute atomic E-state index is 14.4. The molecule has 0 aliphatic heterocycles. The topological polar surface area (TPSA) is 12.9 Å². The van der Waals surface area contributed by atoms with Crippen molar-refractivity contribution in [2.75, 3.05) is 0 Å². The monoisotopic (exact) mass is 487 g/mol. The molecule has 5 rings (SSSR count). The molecular weight excluding hydrogens is 468 g/mol. The SMILES string of the molecule is Fc1cccc2nc([P+](c3ccccc3)(c3ccccc3)c3ccccc3)ccc12.[Br-]. The van der Waals surface area contributed by atoms with Crippen LogP contribution in [0.2, 0.25) is 0 Å². The molecule has 4 aromatic carbocycles. The molecule has 0 aliphatic carbocycles. The van der Waals surface area contributed by atoms with E-state index in [2.05, 4.69) is 72.8 Å². The third kappa shape index (κ3) is 3.69. The minimum Gasteiger partial charge on any atom is -1.00 e. The van der Waals surface area contributed by atoms with Gasteiger partial charge in [0.1, 0.15) is 21.7 Å². The number of hydrogen-bond acceptors (Lipinski definition) is 1. The van der Waals surface area contributed by atoms with Gasteiger partial charge >= 0.3 is 0 Å². The van der Waals surface area contributed by atoms with Crippen LogP contribution in [0.4, 0.5) is 4.39 Å². The van der Waals surface area contributed by atoms with E-state index >= 15 is 0 Å². The predicted molar refractivity (Wildman–Crippen MR) is 126 cm³/mol. The Kier molecular flexibility index (Phi) is 6.27. The first-order chi connectivity index (χ1) is 14.8. The number of nitrogens with zero attached hydrogens (tertiary/aromatic N) is 1. The van der Waals surface area contributed by atoms with Crippen molar-refractivity contribution in [3.05, 3.63) is 127 Å². The van der Waals surface area contributed by atoms with Crippen LogP contribution in [0.3, 0.4) is 0 Å². The lowest BCUT2D eigenvalue weighted by molar-refractivity contribution is -0.00000632. The highest BCUT2D eigenvalue weighted by Crippen LogP contribution is 2.53. The summed E-state index contributed by atoms with van der Waals surface area (Å²) in [4.78, 5) is 5.05. The Bertz CT molecular complexity index is 1200. The van der Waals surface area contributed by atoms with E-state index in [1.165, 1.54) is 22.0 Å². The minimum absolute atomic E-state index is 0. The lowest BCUT2D eigenvalue weighted by Crippen LogP contribution is -3.00. The van der Waals surface area contributed by atoms with Crippen LogP contribution >= 0.6 is 7.26 Å². The van der Waals surface area contributed by atoms with Crippen LogP contribution in [-0.2, 0) is 0 Å². The average molecular weight is 488 g/mol. The van der Waals surface area contributed by atoms with Crippen molar-refractivity contribution in [1.82, 2.24) is 4.98 Å². The maximum Gasteiger partial charge on any atom is 0.198 e. The van der Waals surface area contributed by atoms with Crippen LogP contribution in [0.5, 0.6) is 0 Å². The summed E-state index contributed by atoms with van der Waals surface area (Å²) in [6.45, 7) is 0. The fraction of sp³-hybridized carbons (Fsp3) is 0. The first-order valence-corrected chi connectivity index (χ1v) is 11.7. The molecule has 152 valence electrons. The van der Waals surface area contributed by atoms with E-state index in [0.29, 0.717) is 10.9 Å². The summed E-state index contributed by atoms with van der Waals surface area (Å²) in [5.74, 6) is -0.241. The van der Waals surface area contributed by atoms with Crippen molar-refractivity contribution in [2.24, 2.45) is 0 Å². The van der Waals surface area contributed by atoms with Gasteiger partial charge in [-0.25, -0.2) is 9.37 Å². The second kappa shape index (κ2) is 9.09. The van der Waals surface area contributed by atoms with Gasteiger partial charge in [0.25, 0.3) is 0 Å². The van der Waals surface area contributed by atoms with Crippen molar-refractivity contribution in [2.45, 2.75) is 0 Å². The molecule has 0 spiro atoms. The molecule has 0 radical (unpaired) electrons. The van der Waals surface area contributed by atoms with E-state index in [1.54, 1.807) is 6.07 Å². The second-order valence-corrected chi connectivity index (χ2v) is 10.5. The molecule has 31 heavy (non-hydrogen) atoms. The number of fused-ring (bicyclic) bond motifs is 1. The van der Waals surface area contributed by atoms with Gasteiger partial charge in [-0.3, -0.25) is 0 Å². The Hall–Kier alpha value is -2.87. The van der Waals surface area contributed by atoms with Gasteiger partial charge in [-0.1, -0.05) is 60.7 Å². The molecule has 0 atom stereocenters. The van der Waals surface area contributed by atoms with E-state index in [0.717, 1.165) is 5.44 Å². The number of rotatable bonds is 4. The third-order valence-electron chi connectivity index (χ3n) is 5.44. The Morgan fingerprint density at radius 3 is 1.48 bits per heavy atom. The average Bonchev–Trinajstić information content (AvgIpc) is 2.82. The summed E-state index contributed by atoms with van der Waals surface area (Å²) in [5.41, 5.74) is 1.66. The van der Waals surface area contributed by atoms with E-state index < -0.39 is 7.26 Å². The number of benzene rings is 4. The van der Waals surface area contributed by atoms with E-state index in [9.17, 15) is 4.39 Å². The molecule has 0 fully saturated rings. The molecule has 5 aromatic rings. The summed E-state index contributed by atoms with van der Waals surface area (Å²) >= 11 is 0. The van der Waals surface area contributed by atoms with Crippen molar-refractivity contribution in [3.8, 4) is 0 Å². The fourth-order valence-electron chi connectivity index (χ4n) is 4.09. The molecule has 0 bridgehead atoms. The van der Waals surface area contributed by atoms with E-state index in [-0.39, 0.29) is 22.8 Å². The largest absolute Gasteiger partial charge is 1.00 e. The van der Waals surface area contributed by atoms with Crippen LogP contribution < -0.4 is 38.3 Å². The minimum atomic E-state index is -2.26. The van der Waals surface area contributed by atoms with E-state index in [4.69, 9.17) is 4.98 Å². The lowest BCUT2D eigenvalue weighted by atomic mass is 10.2. The predicted octanol–water partition coefficient (Wildman–Crippen LogP) is 2.00. The van der Waals surface area contributed by atoms with Gasteiger partial charge in [0, 0.05) is 11.5 Å². The zero-order chi connectivity index (χ0) is 20.4. The van der Waals surface area contributed by atoms with Crippen molar-refractivity contribution >= 4 is 39.5 Å². The van der Waals surface area contributed by atoms with Crippen LogP contribution in [0.1, 0.15) is 0 Å². The van der Waals surface area contributed by atoms with Crippen LogP contribution in [0, 0.1) is 5.82 Å². The van der Waals surface area contributed by atoms with Gasteiger partial charge in [0.05, 0.1) is 5.52 Å². The smallest absolute Gasteiger partial charge is 0.198 e. The highest BCUT2D eigenvalue weighted by atomic mass is 79.9. The van der Waals surface area contributed by atoms with Crippen molar-refractivity contribution in [3.63, 3.8) is 0 Å². The Morgan fingerprint density at radius 2 is 1.00 bits per heavy atom. The van der Waals surface area contributed by atoms with Gasteiger partial charge in [-0.15, -0.1) is 0 Å². The number of hydrogen-bond donors (Lipinski definition) is 0. The molecule has 0 amide bonds. The zero-order valence-electron chi connectivity index (χ0n) is 16.7. The quantitative estimate of drug-likeness (QED) is 0.353. The van der Waals surface area contributed by atoms with Gasteiger partial charge in [-0.2, -0.15) is 0 Å². The standard InChI is InChI=1S/C27H20FNP.BrH/c28-25-17-10-18-26-24(25)19-20-27(29-26)30(21-11-4-1-5-12-21,22-13-6-2-7-14-22)23-15-8-3-9-16-23;/h1-20H;1H/q+1;/p-1. The number of aromatic nitrogens is 1. The maximum atomic E-state index is 14.4. The summed E-state index contributed by atoms with van der Waals surface area (Å²) < 4.78 is 14.4. The second-order valence-electron chi connectivity index (χ2n) is 7.15. The summed E-state index contributed by atoms with van der Waals surface area (Å²) in [5, 5.41) is 4.23. The van der Waals surface area contributed by atoms with Gasteiger partial charge in [-0.05, 0) is 54.6 Å². The Labute approximate surface area is 192 Å². The first kappa shape index (κ1) is 21.4. The van der Waals surface area contributed by atoms with Crippen LogP contribution in [0.15, 0.2) is 121 Å². The Morgan fingerprint density at radius 1 is 0.516 bits per heavy atom. The molecule has 1 heterocycles. The fourth-order valence-corrected chi connectivity index (χ4v) is 8.19. The van der Waals surface area contributed by atoms with Gasteiger partial charge in [0.2, 0.25) is 0 Å². The first-order valence-electron chi connectivity index (χ1n) is 9.92. The Balaban J connectivity index is 0.00000231. The molecule has 0 saturated carbocycles. The molecule has 1 aromatic heterocycles. The lowest BCUT2D eigenvalue weighted by Gasteiger charge is -2.26. The normalized spacial score (nSPS) is 11.1. The molecule has 0 saturated heterocycles. The highest BCUT2D eigenvalue weighted by Gasteiger charge is 2.49. The summed E-state index contributed by atoms with van der Waals surface area (Å²) in [6.07, 6.45) is 0. The van der Waals surface area contributed by atoms with Crippen molar-refractivity contribution < 1.29 is 21.4 Å². The highest BCUT2D eigenvalue weighted by molar-refractivity contribution is 8.01. The van der Waals surface area contributed by atoms with E-state index in [1.807, 2.05) is 36.4 Å². The molecule has 0 aliphatic rings. The van der Waals surface area contributed by atoms with Gasteiger partial charge < -0.3 is 17.0 Å². The van der Waals surface area contributed by atoms with Gasteiger partial charge in [0.15, 0.2) is 12.7 Å². The van der Waals surface area contributed by atoms with Crippen LogP contribution in [0.25, 0.3) is 10.9 Å². The molecule has 4 heteroatoms. The zero-order valence-corrected chi connectivity index (χ0v) is 19.2. The summed E-state index contributed by atoms with van der Waals surface area (Å²) in [6, 6.07) is 40.7. The van der Waals surface area contributed by atoms with Crippen molar-refractivity contribution in [1.29, 1.82) is 0 Å². The van der Waals surface area contributed by atoms with Crippen LogP contribution in [-0.4, -0.2) is 4.98 Å². The number of pyridine rings is 1. The number of halogens is 2. The molecule has 0 unspecified atom stereocenters. The summed E-state index contributed by atoms with van der Waals surface area (Å²) in [7, 11) is -2.26. The third-order valence-corrected chi connectivity index (χ3v) is 9.59. The molecule has 1 nitrogen and oxygen atoms in total.